The Balaban J connectivity index is 4.01. The van der Waals surface area contributed by atoms with Crippen molar-refractivity contribution in [3.63, 3.8) is 0 Å². The van der Waals surface area contributed by atoms with Crippen LogP contribution >= 0.6 is 0 Å². The molecule has 0 aliphatic carbocycles. The topological polar surface area (TPSA) is 0 Å². The van der Waals surface area contributed by atoms with Crippen LogP contribution in [0.1, 0.15) is 149 Å². The van der Waals surface area contributed by atoms with Gasteiger partial charge in [0.1, 0.15) is 0 Å². The van der Waals surface area contributed by atoms with Crippen molar-refractivity contribution in [1.82, 2.24) is 0 Å². The minimum absolute atomic E-state index is 0.968. The first kappa shape index (κ1) is 28.2. The smallest absolute Gasteiger partial charge is 0.0504 e. The summed E-state index contributed by atoms with van der Waals surface area (Å²) >= 11 is 0. The molecule has 0 aromatic carbocycles. The van der Waals surface area contributed by atoms with Gasteiger partial charge in [-0.25, -0.2) is 0 Å². The molecule has 0 fully saturated rings. The third-order valence-electron chi connectivity index (χ3n) is 6.90. The first-order chi connectivity index (χ1) is 13.7. The van der Waals surface area contributed by atoms with Crippen molar-refractivity contribution in [2.75, 3.05) is 0 Å². The third kappa shape index (κ3) is 19.5. The summed E-state index contributed by atoms with van der Waals surface area (Å²) in [5, 5.41) is 0. The van der Waals surface area contributed by atoms with Crippen LogP contribution in [-0.4, -0.2) is 8.07 Å². The van der Waals surface area contributed by atoms with Gasteiger partial charge in [0, 0.05) is 0 Å². The van der Waals surface area contributed by atoms with Crippen molar-refractivity contribution in [3.05, 3.63) is 0 Å². The molecule has 0 aliphatic heterocycles. The summed E-state index contributed by atoms with van der Waals surface area (Å²) in [6, 6.07) is 4.89. The molecular formula is C27H58Si. The van der Waals surface area contributed by atoms with Crippen LogP contribution in [0.2, 0.25) is 24.7 Å². The summed E-state index contributed by atoms with van der Waals surface area (Å²) in [7, 11) is -0.968. The molecule has 0 spiro atoms. The Bertz CT molecular complexity index is 270. The van der Waals surface area contributed by atoms with Crippen LogP contribution in [-0.2, 0) is 0 Å². The SMILES string of the molecule is CCCCCCCCCC[Si](C)(CCCCCCCC)CCCCCCCC. The lowest BCUT2D eigenvalue weighted by atomic mass is 10.1. The van der Waals surface area contributed by atoms with E-state index in [1.165, 1.54) is 109 Å². The lowest BCUT2D eigenvalue weighted by molar-refractivity contribution is 0.581. The second-order valence-corrected chi connectivity index (χ2v) is 15.2. The molecule has 0 nitrogen and oxygen atoms in total. The first-order valence-electron chi connectivity index (χ1n) is 13.7. The van der Waals surface area contributed by atoms with Crippen molar-refractivity contribution in [2.45, 2.75) is 174 Å². The van der Waals surface area contributed by atoms with Gasteiger partial charge >= 0.3 is 0 Å². The van der Waals surface area contributed by atoms with Crippen molar-refractivity contribution >= 4 is 8.07 Å². The standard InChI is InChI=1S/C27H58Si/c1-5-8-11-14-17-18-21-24-27-28(4,25-22-19-15-12-9-6-2)26-23-20-16-13-10-7-3/h5-27H2,1-4H3. The molecule has 0 radical (unpaired) electrons. The van der Waals surface area contributed by atoms with Gasteiger partial charge in [0.15, 0.2) is 0 Å². The molecule has 170 valence electrons. The van der Waals surface area contributed by atoms with Gasteiger partial charge in [-0.2, -0.15) is 0 Å². The minimum atomic E-state index is -0.968. The van der Waals surface area contributed by atoms with E-state index < -0.39 is 8.07 Å². The Morgan fingerprint density at radius 1 is 0.321 bits per heavy atom. The molecule has 0 aliphatic rings. The van der Waals surface area contributed by atoms with Gasteiger partial charge in [-0.05, 0) is 0 Å². The van der Waals surface area contributed by atoms with E-state index >= 15 is 0 Å². The third-order valence-corrected chi connectivity index (χ3v) is 11.6. The molecule has 0 unspecified atom stereocenters. The van der Waals surface area contributed by atoms with Gasteiger partial charge in [-0.15, -0.1) is 0 Å². The summed E-state index contributed by atoms with van der Waals surface area (Å²) in [4.78, 5) is 0. The molecule has 0 saturated carbocycles. The van der Waals surface area contributed by atoms with Gasteiger partial charge < -0.3 is 0 Å². The van der Waals surface area contributed by atoms with E-state index in [-0.39, 0.29) is 0 Å². The molecule has 0 amide bonds. The highest BCUT2D eigenvalue weighted by molar-refractivity contribution is 6.78. The highest BCUT2D eigenvalue weighted by Crippen LogP contribution is 2.29. The van der Waals surface area contributed by atoms with E-state index in [2.05, 4.69) is 27.3 Å². The van der Waals surface area contributed by atoms with E-state index in [9.17, 15) is 0 Å². The predicted molar refractivity (Wildman–Crippen MR) is 135 cm³/mol. The zero-order valence-corrected chi connectivity index (χ0v) is 21.8. The molecule has 0 bridgehead atoms. The van der Waals surface area contributed by atoms with Crippen LogP contribution < -0.4 is 0 Å². The number of rotatable bonds is 23. The number of unbranched alkanes of at least 4 members (excludes halogenated alkanes) is 17. The van der Waals surface area contributed by atoms with Gasteiger partial charge in [-0.3, -0.25) is 0 Å². The van der Waals surface area contributed by atoms with Crippen LogP contribution in [0.25, 0.3) is 0 Å². The summed E-state index contributed by atoms with van der Waals surface area (Å²) in [6.07, 6.45) is 29.5. The first-order valence-corrected chi connectivity index (χ1v) is 16.8. The van der Waals surface area contributed by atoms with E-state index in [0.29, 0.717) is 0 Å². The van der Waals surface area contributed by atoms with Gasteiger partial charge in [0.2, 0.25) is 0 Å². The summed E-state index contributed by atoms with van der Waals surface area (Å²) in [5.41, 5.74) is 0. The van der Waals surface area contributed by atoms with E-state index in [1.807, 2.05) is 0 Å². The maximum atomic E-state index is 2.77. The van der Waals surface area contributed by atoms with E-state index in [4.69, 9.17) is 0 Å². The second kappa shape index (κ2) is 21.9. The highest BCUT2D eigenvalue weighted by atomic mass is 28.3. The Kier molecular flexibility index (Phi) is 22.1. The molecule has 0 saturated heterocycles. The fourth-order valence-corrected chi connectivity index (χ4v) is 8.79. The van der Waals surface area contributed by atoms with Crippen LogP contribution in [0, 0.1) is 0 Å². The average molecular weight is 411 g/mol. The summed E-state index contributed by atoms with van der Waals surface area (Å²) in [6.45, 7) is 9.74. The Labute approximate surface area is 182 Å². The van der Waals surface area contributed by atoms with Crippen LogP contribution in [0.4, 0.5) is 0 Å². The van der Waals surface area contributed by atoms with Crippen LogP contribution in [0.15, 0.2) is 0 Å². The Morgan fingerprint density at radius 3 is 0.786 bits per heavy atom. The Morgan fingerprint density at radius 2 is 0.536 bits per heavy atom. The van der Waals surface area contributed by atoms with Gasteiger partial charge in [0.05, 0.1) is 8.07 Å². The van der Waals surface area contributed by atoms with Crippen molar-refractivity contribution in [1.29, 1.82) is 0 Å². The van der Waals surface area contributed by atoms with Crippen molar-refractivity contribution in [3.8, 4) is 0 Å². The molecule has 0 atom stereocenters. The van der Waals surface area contributed by atoms with E-state index in [1.54, 1.807) is 37.4 Å². The molecule has 0 aromatic rings. The van der Waals surface area contributed by atoms with Crippen LogP contribution in [0.3, 0.4) is 0 Å². The minimum Gasteiger partial charge on any atom is -0.0691 e. The molecule has 28 heavy (non-hydrogen) atoms. The molecule has 1 heteroatoms. The fourth-order valence-electron chi connectivity index (χ4n) is 4.72. The predicted octanol–water partition coefficient (Wildman–Crippen LogP) is 10.9. The molecule has 0 N–H and O–H groups in total. The summed E-state index contributed by atoms with van der Waals surface area (Å²) < 4.78 is 0. The lowest BCUT2D eigenvalue weighted by Crippen LogP contribution is -2.29. The lowest BCUT2D eigenvalue weighted by Gasteiger charge is -2.28. The highest BCUT2D eigenvalue weighted by Gasteiger charge is 2.25. The van der Waals surface area contributed by atoms with Crippen LogP contribution in [0.5, 0.6) is 0 Å². The maximum Gasteiger partial charge on any atom is 0.0504 e. The van der Waals surface area contributed by atoms with Gasteiger partial charge in [0.25, 0.3) is 0 Å². The van der Waals surface area contributed by atoms with Gasteiger partial charge in [-0.1, -0.05) is 174 Å². The zero-order valence-electron chi connectivity index (χ0n) is 20.8. The van der Waals surface area contributed by atoms with E-state index in [0.717, 1.165) is 0 Å². The molecule has 0 aromatic heterocycles. The molecule has 0 rings (SSSR count). The Hall–Kier alpha value is 0.217. The van der Waals surface area contributed by atoms with Crippen molar-refractivity contribution in [2.24, 2.45) is 0 Å². The second-order valence-electron chi connectivity index (χ2n) is 10.1. The molecule has 0 heterocycles. The largest absolute Gasteiger partial charge is 0.0691 e. The number of hydrogen-bond donors (Lipinski definition) is 0. The molecular weight excluding hydrogens is 352 g/mol. The normalized spacial score (nSPS) is 12.0. The summed E-state index contributed by atoms with van der Waals surface area (Å²) in [5.74, 6) is 0. The monoisotopic (exact) mass is 410 g/mol. The maximum absolute atomic E-state index is 2.77. The van der Waals surface area contributed by atoms with Crippen molar-refractivity contribution < 1.29 is 0 Å². The zero-order chi connectivity index (χ0) is 20.8. The average Bonchev–Trinajstić information content (AvgIpc) is 2.69. The fraction of sp³-hybridized carbons (Fsp3) is 1.00. The quantitative estimate of drug-likeness (QED) is 0.116. The number of hydrogen-bond acceptors (Lipinski definition) is 0.